The highest BCUT2D eigenvalue weighted by Gasteiger charge is 2.35. The second kappa shape index (κ2) is 15.4. The Balaban J connectivity index is 0.985. The van der Waals surface area contributed by atoms with Gasteiger partial charge in [-0.05, 0) is 72.2 Å². The standard InChI is InChI=1S/C40H40N4O4/c45-37(27-31-9-3-1-4-10-31)43-25-7-13-35(43)39(47)41-33-21-17-29(18-22-33)15-16-30-19-23-34(24-20-30)42-40(48)36-14-8-26-44(36)38(46)28-32-11-5-2-6-12-32/h1-6,9-12,15-24,35-36H,7-8,13-14,25-28H2,(H,41,47)(H,42,48)/b16-15+/t35-,36+. The number of anilines is 2. The lowest BCUT2D eigenvalue weighted by atomic mass is 10.1. The molecule has 48 heavy (non-hydrogen) atoms. The Morgan fingerprint density at radius 1 is 0.542 bits per heavy atom. The first-order valence-electron chi connectivity index (χ1n) is 16.6. The van der Waals surface area contributed by atoms with Gasteiger partial charge in [-0.15, -0.1) is 0 Å². The highest BCUT2D eigenvalue weighted by molar-refractivity contribution is 5.98. The van der Waals surface area contributed by atoms with Gasteiger partial charge in [0.2, 0.25) is 23.6 Å². The van der Waals surface area contributed by atoms with E-state index in [4.69, 9.17) is 0 Å². The number of hydrogen-bond acceptors (Lipinski definition) is 4. The summed E-state index contributed by atoms with van der Waals surface area (Å²) in [5.41, 5.74) is 5.18. The third-order valence-electron chi connectivity index (χ3n) is 8.97. The summed E-state index contributed by atoms with van der Waals surface area (Å²) < 4.78 is 0. The highest BCUT2D eigenvalue weighted by atomic mass is 16.2. The fourth-order valence-electron chi connectivity index (χ4n) is 6.42. The van der Waals surface area contributed by atoms with Gasteiger partial charge in [-0.1, -0.05) is 97.1 Å². The third kappa shape index (κ3) is 8.25. The van der Waals surface area contributed by atoms with Crippen molar-refractivity contribution in [2.75, 3.05) is 23.7 Å². The van der Waals surface area contributed by atoms with E-state index in [1.807, 2.05) is 121 Å². The second-order valence-corrected chi connectivity index (χ2v) is 12.4. The van der Waals surface area contributed by atoms with Crippen LogP contribution < -0.4 is 10.6 Å². The Hall–Kier alpha value is -5.50. The maximum Gasteiger partial charge on any atom is 0.247 e. The van der Waals surface area contributed by atoms with Crippen molar-refractivity contribution in [3.63, 3.8) is 0 Å². The normalized spacial score (nSPS) is 17.4. The molecule has 0 bridgehead atoms. The average Bonchev–Trinajstić information content (AvgIpc) is 3.81. The number of rotatable bonds is 10. The number of hydrogen-bond donors (Lipinski definition) is 2. The van der Waals surface area contributed by atoms with Gasteiger partial charge in [0.1, 0.15) is 12.1 Å². The van der Waals surface area contributed by atoms with E-state index >= 15 is 0 Å². The van der Waals surface area contributed by atoms with Gasteiger partial charge in [-0.25, -0.2) is 0 Å². The number of carbonyl (C=O) groups is 4. The van der Waals surface area contributed by atoms with E-state index in [1.165, 1.54) is 0 Å². The van der Waals surface area contributed by atoms with Crippen LogP contribution in [0.25, 0.3) is 12.2 Å². The monoisotopic (exact) mass is 640 g/mol. The molecule has 2 saturated heterocycles. The molecule has 6 rings (SSSR count). The van der Waals surface area contributed by atoms with Crippen molar-refractivity contribution >= 4 is 47.2 Å². The fourth-order valence-corrected chi connectivity index (χ4v) is 6.42. The van der Waals surface area contributed by atoms with Gasteiger partial charge in [0.15, 0.2) is 0 Å². The first kappa shape index (κ1) is 32.4. The van der Waals surface area contributed by atoms with Gasteiger partial charge in [-0.3, -0.25) is 19.2 Å². The number of amides is 4. The zero-order chi connectivity index (χ0) is 33.3. The number of carbonyl (C=O) groups excluding carboxylic acids is 4. The predicted octanol–water partition coefficient (Wildman–Crippen LogP) is 6.20. The third-order valence-corrected chi connectivity index (χ3v) is 8.97. The van der Waals surface area contributed by atoms with Crippen LogP contribution >= 0.6 is 0 Å². The minimum Gasteiger partial charge on any atom is -0.330 e. The minimum absolute atomic E-state index is 0.0266. The Bertz CT molecular complexity index is 1620. The SMILES string of the molecule is O=C(Nc1ccc(/C=C/c2ccc(NC(=O)[C@@H]3CCCN3C(=O)Cc3ccccc3)cc2)cc1)[C@H]1CCCN1C(=O)Cc1ccccc1. The number of nitrogens with one attached hydrogen (secondary N) is 2. The van der Waals surface area contributed by atoms with Crippen molar-refractivity contribution in [2.24, 2.45) is 0 Å². The van der Waals surface area contributed by atoms with Crippen LogP contribution in [0.3, 0.4) is 0 Å². The molecule has 0 spiro atoms. The average molecular weight is 641 g/mol. The van der Waals surface area contributed by atoms with E-state index in [0.717, 1.165) is 35.1 Å². The van der Waals surface area contributed by atoms with Crippen LogP contribution in [0.2, 0.25) is 0 Å². The summed E-state index contributed by atoms with van der Waals surface area (Å²) >= 11 is 0. The van der Waals surface area contributed by atoms with Crippen molar-refractivity contribution in [3.8, 4) is 0 Å². The summed E-state index contributed by atoms with van der Waals surface area (Å²) in [6.45, 7) is 1.19. The summed E-state index contributed by atoms with van der Waals surface area (Å²) in [6.07, 6.45) is 7.48. The molecular formula is C40H40N4O4. The minimum atomic E-state index is -0.465. The van der Waals surface area contributed by atoms with Gasteiger partial charge >= 0.3 is 0 Å². The zero-order valence-electron chi connectivity index (χ0n) is 26.9. The van der Waals surface area contributed by atoms with Crippen LogP contribution in [0.5, 0.6) is 0 Å². The molecule has 0 unspecified atom stereocenters. The molecule has 2 aliphatic rings. The molecule has 4 aromatic rings. The Labute approximate surface area is 281 Å². The van der Waals surface area contributed by atoms with Crippen LogP contribution in [0.4, 0.5) is 11.4 Å². The maximum absolute atomic E-state index is 13.1. The predicted molar refractivity (Wildman–Crippen MR) is 189 cm³/mol. The largest absolute Gasteiger partial charge is 0.330 e. The summed E-state index contributed by atoms with van der Waals surface area (Å²) in [4.78, 5) is 55.5. The number of nitrogens with zero attached hydrogens (tertiary/aromatic N) is 2. The summed E-state index contributed by atoms with van der Waals surface area (Å²) in [5, 5.41) is 5.96. The molecule has 8 nitrogen and oxygen atoms in total. The van der Waals surface area contributed by atoms with Gasteiger partial charge in [0.05, 0.1) is 12.8 Å². The molecule has 0 saturated carbocycles. The van der Waals surface area contributed by atoms with Gasteiger partial charge in [0.25, 0.3) is 0 Å². The molecular weight excluding hydrogens is 600 g/mol. The van der Waals surface area contributed by atoms with Gasteiger partial charge < -0.3 is 20.4 Å². The second-order valence-electron chi connectivity index (χ2n) is 12.4. The first-order chi connectivity index (χ1) is 23.4. The van der Waals surface area contributed by atoms with E-state index in [-0.39, 0.29) is 23.6 Å². The highest BCUT2D eigenvalue weighted by Crippen LogP contribution is 2.23. The van der Waals surface area contributed by atoms with Crippen molar-refractivity contribution in [1.29, 1.82) is 0 Å². The van der Waals surface area contributed by atoms with Crippen molar-refractivity contribution in [3.05, 3.63) is 131 Å². The van der Waals surface area contributed by atoms with Crippen molar-refractivity contribution < 1.29 is 19.2 Å². The van der Waals surface area contributed by atoms with Crippen molar-refractivity contribution in [1.82, 2.24) is 9.80 Å². The Morgan fingerprint density at radius 3 is 1.29 bits per heavy atom. The van der Waals surface area contributed by atoms with E-state index in [1.54, 1.807) is 9.80 Å². The van der Waals surface area contributed by atoms with Crippen LogP contribution in [0.15, 0.2) is 109 Å². The molecule has 4 aromatic carbocycles. The molecule has 2 atom stereocenters. The molecule has 2 aliphatic heterocycles. The van der Waals surface area contributed by atoms with Crippen LogP contribution in [-0.4, -0.2) is 58.6 Å². The lowest BCUT2D eigenvalue weighted by Gasteiger charge is -2.24. The lowest BCUT2D eigenvalue weighted by molar-refractivity contribution is -0.136. The number of likely N-dealkylation sites (tertiary alicyclic amines) is 2. The first-order valence-corrected chi connectivity index (χ1v) is 16.6. The molecule has 0 aliphatic carbocycles. The molecule has 4 amide bonds. The van der Waals surface area contributed by atoms with Crippen LogP contribution in [-0.2, 0) is 32.0 Å². The molecule has 244 valence electrons. The lowest BCUT2D eigenvalue weighted by Crippen LogP contribution is -2.43. The number of benzene rings is 4. The Kier molecular flexibility index (Phi) is 10.4. The van der Waals surface area contributed by atoms with E-state index in [9.17, 15) is 19.2 Å². The van der Waals surface area contributed by atoms with E-state index < -0.39 is 12.1 Å². The van der Waals surface area contributed by atoms with Gasteiger partial charge in [-0.2, -0.15) is 0 Å². The maximum atomic E-state index is 13.1. The molecule has 2 fully saturated rings. The summed E-state index contributed by atoms with van der Waals surface area (Å²) in [5.74, 6) is -0.380. The molecule has 0 aromatic heterocycles. The fraction of sp³-hybridized carbons (Fsp3) is 0.250. The zero-order valence-corrected chi connectivity index (χ0v) is 26.9. The topological polar surface area (TPSA) is 98.8 Å². The van der Waals surface area contributed by atoms with E-state index in [0.29, 0.717) is 50.1 Å². The van der Waals surface area contributed by atoms with Gasteiger partial charge in [0, 0.05) is 24.5 Å². The molecule has 8 heteroatoms. The van der Waals surface area contributed by atoms with Crippen LogP contribution in [0.1, 0.15) is 47.9 Å². The summed E-state index contributed by atoms with van der Waals surface area (Å²) in [6, 6.07) is 33.4. The quantitative estimate of drug-likeness (QED) is 0.202. The van der Waals surface area contributed by atoms with E-state index in [2.05, 4.69) is 10.6 Å². The smallest absolute Gasteiger partial charge is 0.247 e. The Morgan fingerprint density at radius 2 is 0.917 bits per heavy atom. The van der Waals surface area contributed by atoms with Crippen molar-refractivity contribution in [2.45, 2.75) is 50.6 Å². The molecule has 2 N–H and O–H groups in total. The molecule has 2 heterocycles. The molecule has 0 radical (unpaired) electrons. The van der Waals surface area contributed by atoms with Crippen LogP contribution in [0, 0.1) is 0 Å². The summed E-state index contributed by atoms with van der Waals surface area (Å²) in [7, 11) is 0.